The first-order valence-corrected chi connectivity index (χ1v) is 10.6. The number of benzene rings is 3. The molecule has 0 bridgehead atoms. The van der Waals surface area contributed by atoms with Gasteiger partial charge in [-0.15, -0.1) is 11.8 Å². The van der Waals surface area contributed by atoms with Gasteiger partial charge in [0.1, 0.15) is 5.82 Å². The number of halogens is 1. The number of amides is 2. The molecule has 2 amide bonds. The first kappa shape index (κ1) is 20.2. The molecule has 0 unspecified atom stereocenters. The zero-order valence-electron chi connectivity index (χ0n) is 16.7. The molecule has 4 rings (SSSR count). The molecule has 4 nitrogen and oxygen atoms in total. The van der Waals surface area contributed by atoms with Crippen molar-refractivity contribution < 1.29 is 14.0 Å². The zero-order valence-corrected chi connectivity index (χ0v) is 17.6. The van der Waals surface area contributed by atoms with Gasteiger partial charge in [-0.05, 0) is 66.9 Å². The minimum absolute atomic E-state index is 0.0380. The maximum Gasteiger partial charge on any atom is 0.255 e. The molecule has 0 saturated heterocycles. The van der Waals surface area contributed by atoms with Crippen LogP contribution in [0, 0.1) is 19.7 Å². The highest BCUT2D eigenvalue weighted by molar-refractivity contribution is 8.00. The first-order chi connectivity index (χ1) is 14.4. The Kier molecular flexibility index (Phi) is 5.59. The topological polar surface area (TPSA) is 49.4 Å². The Morgan fingerprint density at radius 1 is 1.07 bits per heavy atom. The van der Waals surface area contributed by atoms with Crippen molar-refractivity contribution in [2.24, 2.45) is 0 Å². The Morgan fingerprint density at radius 2 is 1.83 bits per heavy atom. The summed E-state index contributed by atoms with van der Waals surface area (Å²) in [7, 11) is 0. The van der Waals surface area contributed by atoms with E-state index in [4.69, 9.17) is 0 Å². The Labute approximate surface area is 179 Å². The lowest BCUT2D eigenvalue weighted by Crippen LogP contribution is -2.35. The van der Waals surface area contributed by atoms with Crippen LogP contribution in [0.1, 0.15) is 27.0 Å². The normalized spacial score (nSPS) is 13.2. The van der Waals surface area contributed by atoms with E-state index < -0.39 is 0 Å². The lowest BCUT2D eigenvalue weighted by molar-refractivity contribution is -0.116. The van der Waals surface area contributed by atoms with Gasteiger partial charge in [0.15, 0.2) is 0 Å². The van der Waals surface area contributed by atoms with Crippen molar-refractivity contribution in [1.29, 1.82) is 0 Å². The number of nitrogens with one attached hydrogen (secondary N) is 1. The number of carbonyl (C=O) groups excluding carboxylic acids is 2. The predicted octanol–water partition coefficient (Wildman–Crippen LogP) is 5.33. The largest absolute Gasteiger partial charge is 0.322 e. The van der Waals surface area contributed by atoms with E-state index in [1.54, 1.807) is 29.2 Å². The highest BCUT2D eigenvalue weighted by Gasteiger charge is 2.26. The molecule has 6 heteroatoms. The molecule has 3 aromatic carbocycles. The smallest absolute Gasteiger partial charge is 0.255 e. The van der Waals surface area contributed by atoms with E-state index >= 15 is 0 Å². The van der Waals surface area contributed by atoms with Crippen LogP contribution in [0.2, 0.25) is 0 Å². The molecule has 30 heavy (non-hydrogen) atoms. The van der Waals surface area contributed by atoms with E-state index in [1.807, 2.05) is 38.1 Å². The van der Waals surface area contributed by atoms with Crippen molar-refractivity contribution in [3.63, 3.8) is 0 Å². The van der Waals surface area contributed by atoms with E-state index in [0.29, 0.717) is 23.5 Å². The molecule has 0 fully saturated rings. The van der Waals surface area contributed by atoms with Crippen molar-refractivity contribution >= 4 is 35.0 Å². The summed E-state index contributed by atoms with van der Waals surface area (Å²) in [5, 5.41) is 2.97. The van der Waals surface area contributed by atoms with Gasteiger partial charge in [-0.3, -0.25) is 9.59 Å². The summed E-state index contributed by atoms with van der Waals surface area (Å²) >= 11 is 1.46. The third-order valence-corrected chi connectivity index (χ3v) is 6.11. The summed E-state index contributed by atoms with van der Waals surface area (Å²) in [6.45, 7) is 4.25. The average molecular weight is 421 g/mol. The van der Waals surface area contributed by atoms with Crippen LogP contribution in [0.4, 0.5) is 15.8 Å². The number of hydrogen-bond donors (Lipinski definition) is 1. The van der Waals surface area contributed by atoms with Crippen molar-refractivity contribution in [3.05, 3.63) is 88.7 Å². The molecule has 1 aliphatic heterocycles. The summed E-state index contributed by atoms with van der Waals surface area (Å²) in [6.07, 6.45) is 0. The molecule has 0 saturated carbocycles. The average Bonchev–Trinajstić information content (AvgIpc) is 2.74. The highest BCUT2D eigenvalue weighted by atomic mass is 32.2. The molecule has 0 aliphatic carbocycles. The second-order valence-electron chi connectivity index (χ2n) is 7.35. The predicted molar refractivity (Wildman–Crippen MR) is 119 cm³/mol. The molecule has 0 aromatic heterocycles. The van der Waals surface area contributed by atoms with Gasteiger partial charge < -0.3 is 10.2 Å². The zero-order chi connectivity index (χ0) is 21.3. The lowest BCUT2D eigenvalue weighted by Gasteiger charge is -2.29. The van der Waals surface area contributed by atoms with Gasteiger partial charge in [0.25, 0.3) is 5.91 Å². The fourth-order valence-electron chi connectivity index (χ4n) is 3.35. The quantitative estimate of drug-likeness (QED) is 0.620. The molecule has 0 spiro atoms. The monoisotopic (exact) mass is 420 g/mol. The second-order valence-corrected chi connectivity index (χ2v) is 8.37. The van der Waals surface area contributed by atoms with Crippen LogP contribution in [0.25, 0.3) is 0 Å². The maximum atomic E-state index is 13.2. The first-order valence-electron chi connectivity index (χ1n) is 9.61. The second kappa shape index (κ2) is 8.32. The number of carbonyl (C=O) groups is 2. The lowest BCUT2D eigenvalue weighted by atomic mass is 10.1. The SMILES string of the molecule is Cc1ccc(C)c(NC(=O)c2ccc3c(c2)N(Cc2ccc(F)cc2)C(=O)CS3)c1. The van der Waals surface area contributed by atoms with Crippen molar-refractivity contribution in [1.82, 2.24) is 0 Å². The minimum atomic E-state index is -0.315. The summed E-state index contributed by atoms with van der Waals surface area (Å²) in [6, 6.07) is 17.4. The Balaban J connectivity index is 1.62. The van der Waals surface area contributed by atoms with Gasteiger partial charge in [-0.25, -0.2) is 4.39 Å². The number of rotatable bonds is 4. The summed E-state index contributed by atoms with van der Waals surface area (Å²) < 4.78 is 13.2. The van der Waals surface area contributed by atoms with Crippen molar-refractivity contribution in [2.45, 2.75) is 25.3 Å². The molecule has 152 valence electrons. The molecule has 1 aliphatic rings. The van der Waals surface area contributed by atoms with Crippen molar-refractivity contribution in [3.8, 4) is 0 Å². The van der Waals surface area contributed by atoms with Crippen LogP contribution in [0.15, 0.2) is 65.6 Å². The van der Waals surface area contributed by atoms with E-state index in [2.05, 4.69) is 5.32 Å². The number of anilines is 2. The standard InChI is InChI=1S/C24H21FN2O2S/c1-15-3-4-16(2)20(11-15)26-24(29)18-7-10-22-21(12-18)27(23(28)14-30-22)13-17-5-8-19(25)9-6-17/h3-12H,13-14H2,1-2H3,(H,26,29). The minimum Gasteiger partial charge on any atom is -0.322 e. The Bertz CT molecular complexity index is 1130. The van der Waals surface area contributed by atoms with Crippen LogP contribution < -0.4 is 10.2 Å². The molecule has 0 radical (unpaired) electrons. The van der Waals surface area contributed by atoms with Crippen LogP contribution in [-0.2, 0) is 11.3 Å². The maximum absolute atomic E-state index is 13.2. The molecule has 0 atom stereocenters. The summed E-state index contributed by atoms with van der Waals surface area (Å²) in [4.78, 5) is 28.1. The fraction of sp³-hybridized carbons (Fsp3) is 0.167. The number of hydrogen-bond acceptors (Lipinski definition) is 3. The van der Waals surface area contributed by atoms with E-state index in [9.17, 15) is 14.0 Å². The number of aryl methyl sites for hydroxylation is 2. The summed E-state index contributed by atoms with van der Waals surface area (Å²) in [5.74, 6) is -0.243. The molecule has 1 heterocycles. The third kappa shape index (κ3) is 4.24. The number of thioether (sulfide) groups is 1. The van der Waals surface area contributed by atoms with Crippen LogP contribution >= 0.6 is 11.8 Å². The molecule has 3 aromatic rings. The van der Waals surface area contributed by atoms with Crippen LogP contribution in [0.5, 0.6) is 0 Å². The Morgan fingerprint density at radius 3 is 2.60 bits per heavy atom. The number of fused-ring (bicyclic) bond motifs is 1. The van der Waals surface area contributed by atoms with E-state index in [-0.39, 0.29) is 17.6 Å². The van der Waals surface area contributed by atoms with Gasteiger partial charge >= 0.3 is 0 Å². The molecular formula is C24H21FN2O2S. The Hall–Kier alpha value is -3.12. The van der Waals surface area contributed by atoms with Gasteiger partial charge in [-0.1, -0.05) is 24.3 Å². The van der Waals surface area contributed by atoms with Gasteiger partial charge in [-0.2, -0.15) is 0 Å². The fourth-order valence-corrected chi connectivity index (χ4v) is 4.27. The van der Waals surface area contributed by atoms with Crippen LogP contribution in [-0.4, -0.2) is 17.6 Å². The molecular weight excluding hydrogens is 399 g/mol. The van der Waals surface area contributed by atoms with E-state index in [1.165, 1.54) is 23.9 Å². The highest BCUT2D eigenvalue weighted by Crippen LogP contribution is 2.37. The van der Waals surface area contributed by atoms with E-state index in [0.717, 1.165) is 27.3 Å². The summed E-state index contributed by atoms with van der Waals surface area (Å²) in [5.41, 5.74) is 4.83. The number of nitrogens with zero attached hydrogens (tertiary/aromatic N) is 1. The van der Waals surface area contributed by atoms with Crippen LogP contribution in [0.3, 0.4) is 0 Å². The van der Waals surface area contributed by atoms with Gasteiger partial charge in [0.05, 0.1) is 18.0 Å². The van der Waals surface area contributed by atoms with Crippen molar-refractivity contribution in [2.75, 3.05) is 16.0 Å². The molecule has 1 N–H and O–H groups in total. The third-order valence-electron chi connectivity index (χ3n) is 5.06. The van der Waals surface area contributed by atoms with Gasteiger partial charge in [0.2, 0.25) is 5.91 Å². The van der Waals surface area contributed by atoms with Gasteiger partial charge in [0, 0.05) is 16.1 Å².